The number of carbonyl (C=O) groups excluding carboxylic acids is 1. The van der Waals surface area contributed by atoms with Gasteiger partial charge in [-0.3, -0.25) is 4.79 Å². The molecule has 0 aliphatic heterocycles. The van der Waals surface area contributed by atoms with E-state index < -0.39 is 22.6 Å². The lowest BCUT2D eigenvalue weighted by Crippen LogP contribution is -2.41. The molecule has 3 aromatic carbocycles. The Bertz CT molecular complexity index is 1390. The van der Waals surface area contributed by atoms with Crippen molar-refractivity contribution < 1.29 is 32.2 Å². The first-order chi connectivity index (χ1) is 18.6. The zero-order chi connectivity index (χ0) is 28.0. The number of amides is 1. The predicted molar refractivity (Wildman–Crippen MR) is 144 cm³/mol. The number of nitrogens with one attached hydrogen (secondary N) is 2. The van der Waals surface area contributed by atoms with Crippen LogP contribution < -0.4 is 14.8 Å². The Kier molecular flexibility index (Phi) is 8.98. The van der Waals surface area contributed by atoms with Gasteiger partial charge in [-0.15, -0.1) is 0 Å². The summed E-state index contributed by atoms with van der Waals surface area (Å²) in [5, 5.41) is 11.7. The molecule has 1 aliphatic carbocycles. The third-order valence-corrected chi connectivity index (χ3v) is 8.40. The van der Waals surface area contributed by atoms with E-state index in [1.165, 1.54) is 12.1 Å². The molecule has 1 saturated carbocycles. The minimum atomic E-state index is -3.73. The fourth-order valence-corrected chi connectivity index (χ4v) is 5.95. The van der Waals surface area contributed by atoms with Crippen molar-refractivity contribution >= 4 is 21.9 Å². The summed E-state index contributed by atoms with van der Waals surface area (Å²) >= 11 is 0. The molecule has 0 heterocycles. The summed E-state index contributed by atoms with van der Waals surface area (Å²) < 4.78 is 47.0. The molecule has 8 nitrogen and oxygen atoms in total. The molecule has 0 radical (unpaired) electrons. The first-order valence-electron chi connectivity index (χ1n) is 12.7. The Morgan fingerprint density at radius 3 is 2.05 bits per heavy atom. The highest BCUT2D eigenvalue weighted by atomic mass is 32.2. The lowest BCUT2D eigenvalue weighted by Gasteiger charge is -2.29. The van der Waals surface area contributed by atoms with Crippen LogP contribution in [0.1, 0.15) is 44.2 Å². The Morgan fingerprint density at radius 1 is 0.923 bits per heavy atom. The number of hydrogen-bond donors (Lipinski definition) is 3. The van der Waals surface area contributed by atoms with Crippen molar-refractivity contribution in [2.45, 2.75) is 49.6 Å². The number of rotatable bonds is 10. The average Bonchev–Trinajstić information content (AvgIpc) is 2.93. The minimum absolute atomic E-state index is 0.0785. The van der Waals surface area contributed by atoms with Gasteiger partial charge in [0, 0.05) is 12.0 Å². The number of carbonyl (C=O) groups is 2. The molecular weight excluding hydrogens is 523 g/mol. The van der Waals surface area contributed by atoms with E-state index in [1.54, 1.807) is 60.7 Å². The third-order valence-electron chi connectivity index (χ3n) is 6.86. The number of carboxylic acids is 1. The molecule has 3 aromatic rings. The van der Waals surface area contributed by atoms with E-state index in [9.17, 15) is 22.4 Å². The molecule has 0 bridgehead atoms. The van der Waals surface area contributed by atoms with Gasteiger partial charge in [0.2, 0.25) is 15.9 Å². The molecule has 0 spiro atoms. The van der Waals surface area contributed by atoms with Gasteiger partial charge in [-0.05, 0) is 85.7 Å². The Hall–Kier alpha value is -3.76. The molecule has 39 heavy (non-hydrogen) atoms. The number of aliphatic carboxylic acids is 1. The Balaban J connectivity index is 1.28. The molecular formula is C29H31FN2O6S. The van der Waals surface area contributed by atoms with Crippen LogP contribution in [0, 0.1) is 11.7 Å². The van der Waals surface area contributed by atoms with Crippen LogP contribution in [0.5, 0.6) is 5.75 Å². The summed E-state index contributed by atoms with van der Waals surface area (Å²) in [6, 6.07) is 18.9. The van der Waals surface area contributed by atoms with Crippen molar-refractivity contribution in [2.24, 2.45) is 5.92 Å². The van der Waals surface area contributed by atoms with Crippen LogP contribution in [0.2, 0.25) is 0 Å². The first-order valence-corrected chi connectivity index (χ1v) is 14.2. The zero-order valence-electron chi connectivity index (χ0n) is 21.5. The lowest BCUT2D eigenvalue weighted by molar-refractivity contribution is -0.139. The normalized spacial score (nSPS) is 18.2. The van der Waals surface area contributed by atoms with E-state index in [0.29, 0.717) is 31.4 Å². The Morgan fingerprint density at radius 2 is 1.49 bits per heavy atom. The van der Waals surface area contributed by atoms with Gasteiger partial charge < -0.3 is 15.2 Å². The second-order valence-corrected chi connectivity index (χ2v) is 11.4. The first kappa shape index (κ1) is 28.3. The highest BCUT2D eigenvalue weighted by Gasteiger charge is 2.29. The van der Waals surface area contributed by atoms with Crippen LogP contribution in [-0.4, -0.2) is 38.0 Å². The molecule has 3 N–H and O–H groups in total. The van der Waals surface area contributed by atoms with E-state index >= 15 is 0 Å². The van der Waals surface area contributed by atoms with Crippen molar-refractivity contribution in [2.75, 3.05) is 6.61 Å². The molecule has 1 fully saturated rings. The second-order valence-electron chi connectivity index (χ2n) is 9.68. The van der Waals surface area contributed by atoms with Crippen LogP contribution in [0.15, 0.2) is 77.7 Å². The van der Waals surface area contributed by atoms with E-state index in [1.807, 2.05) is 6.92 Å². The van der Waals surface area contributed by atoms with Crippen LogP contribution in [0.4, 0.5) is 4.39 Å². The Labute approximate surface area is 227 Å². The predicted octanol–water partition coefficient (Wildman–Crippen LogP) is 4.67. The number of ether oxygens (including phenoxy) is 1. The van der Waals surface area contributed by atoms with E-state index in [0.717, 1.165) is 16.7 Å². The number of halogens is 1. The van der Waals surface area contributed by atoms with Crippen molar-refractivity contribution in [3.63, 3.8) is 0 Å². The number of benzene rings is 3. The molecule has 1 aliphatic rings. The van der Waals surface area contributed by atoms with E-state index in [4.69, 9.17) is 9.84 Å². The maximum atomic E-state index is 13.2. The zero-order valence-corrected chi connectivity index (χ0v) is 22.3. The summed E-state index contributed by atoms with van der Waals surface area (Å²) in [4.78, 5) is 23.5. The van der Waals surface area contributed by atoms with Crippen molar-refractivity contribution in [3.8, 4) is 16.9 Å². The standard InChI is InChI=1S/C29H31FN2O6S/c1-19(20-2-10-24(30)11-3-20)31-29(35)23-4-12-25(13-5-23)32-39(36,37)27-16-8-22(9-17-27)21-6-14-26(15-7-21)38-18-28(33)34/h2-3,6-11,14-17,19,23,25,32H,4-5,12-13,18H2,1H3,(H,31,35)(H,33,34)/t19-,23-,25-/m1/s1. The summed E-state index contributed by atoms with van der Waals surface area (Å²) in [5.41, 5.74) is 2.46. The lowest BCUT2D eigenvalue weighted by atomic mass is 9.85. The van der Waals surface area contributed by atoms with Gasteiger partial charge in [-0.25, -0.2) is 22.3 Å². The van der Waals surface area contributed by atoms with Crippen LogP contribution >= 0.6 is 0 Å². The van der Waals surface area contributed by atoms with Crippen LogP contribution in [-0.2, 0) is 19.6 Å². The van der Waals surface area contributed by atoms with E-state index in [2.05, 4.69) is 10.0 Å². The summed E-state index contributed by atoms with van der Waals surface area (Å²) in [5.74, 6) is -1.24. The highest BCUT2D eigenvalue weighted by molar-refractivity contribution is 7.89. The topological polar surface area (TPSA) is 122 Å². The maximum absolute atomic E-state index is 13.2. The van der Waals surface area contributed by atoms with Gasteiger partial charge in [0.1, 0.15) is 11.6 Å². The van der Waals surface area contributed by atoms with Gasteiger partial charge in [0.05, 0.1) is 10.9 Å². The van der Waals surface area contributed by atoms with Gasteiger partial charge in [0.15, 0.2) is 6.61 Å². The van der Waals surface area contributed by atoms with Gasteiger partial charge in [0.25, 0.3) is 0 Å². The molecule has 4 rings (SSSR count). The highest BCUT2D eigenvalue weighted by Crippen LogP contribution is 2.28. The molecule has 10 heteroatoms. The number of hydrogen-bond acceptors (Lipinski definition) is 5. The minimum Gasteiger partial charge on any atom is -0.482 e. The van der Waals surface area contributed by atoms with Crippen LogP contribution in [0.25, 0.3) is 11.1 Å². The SMILES string of the molecule is C[C@@H](NC(=O)[C@H]1CC[C@H](NS(=O)(=O)c2ccc(-c3ccc(OCC(=O)O)cc3)cc2)CC1)c1ccc(F)cc1. The van der Waals surface area contributed by atoms with Crippen molar-refractivity contribution in [1.82, 2.24) is 10.0 Å². The largest absolute Gasteiger partial charge is 0.482 e. The monoisotopic (exact) mass is 554 g/mol. The van der Waals surface area contributed by atoms with Gasteiger partial charge in [-0.1, -0.05) is 36.4 Å². The van der Waals surface area contributed by atoms with Gasteiger partial charge in [-0.2, -0.15) is 0 Å². The second kappa shape index (κ2) is 12.4. The van der Waals surface area contributed by atoms with E-state index in [-0.39, 0.29) is 34.6 Å². The van der Waals surface area contributed by atoms with Crippen molar-refractivity contribution in [3.05, 3.63) is 84.2 Å². The summed E-state index contributed by atoms with van der Waals surface area (Å²) in [6.45, 7) is 1.42. The molecule has 1 atom stereocenters. The number of sulfonamides is 1. The summed E-state index contributed by atoms with van der Waals surface area (Å²) in [6.07, 6.45) is 2.24. The van der Waals surface area contributed by atoms with Crippen LogP contribution in [0.3, 0.4) is 0 Å². The number of carboxylic acid groups (broad SMARTS) is 1. The smallest absolute Gasteiger partial charge is 0.341 e. The third kappa shape index (κ3) is 7.64. The average molecular weight is 555 g/mol. The summed E-state index contributed by atoms with van der Waals surface area (Å²) in [7, 11) is -3.73. The fourth-order valence-electron chi connectivity index (χ4n) is 4.64. The fraction of sp³-hybridized carbons (Fsp3) is 0.310. The molecule has 0 aromatic heterocycles. The molecule has 0 saturated heterocycles. The quantitative estimate of drug-likeness (QED) is 0.335. The van der Waals surface area contributed by atoms with Crippen molar-refractivity contribution in [1.29, 1.82) is 0 Å². The van der Waals surface area contributed by atoms with Gasteiger partial charge >= 0.3 is 5.97 Å². The maximum Gasteiger partial charge on any atom is 0.341 e. The molecule has 1 amide bonds. The molecule has 0 unspecified atom stereocenters. The molecule has 206 valence electrons.